The molecular weight excluding hydrogens is 162 g/mol. The highest BCUT2D eigenvalue weighted by Gasteiger charge is 2.08. The number of hydrogen-bond acceptors (Lipinski definition) is 5. The molecule has 3 N–H and O–H groups in total. The van der Waals surface area contributed by atoms with Crippen LogP contribution in [0, 0.1) is 0 Å². The average molecular weight is 175 g/mol. The van der Waals surface area contributed by atoms with E-state index in [4.69, 9.17) is 10.8 Å². The molecule has 2 atom stereocenters. The van der Waals surface area contributed by atoms with E-state index in [2.05, 4.69) is 4.74 Å². The molecule has 0 saturated carbocycles. The molecule has 12 heavy (non-hydrogen) atoms. The van der Waals surface area contributed by atoms with E-state index in [-0.39, 0.29) is 13.0 Å². The molecular formula is C7H13NO4. The van der Waals surface area contributed by atoms with Crippen molar-refractivity contribution in [2.45, 2.75) is 25.5 Å². The summed E-state index contributed by atoms with van der Waals surface area (Å²) in [6.07, 6.45) is -0.314. The van der Waals surface area contributed by atoms with Crippen LogP contribution in [-0.2, 0) is 14.3 Å². The Bertz CT molecular complexity index is 157. The van der Waals surface area contributed by atoms with Crippen LogP contribution in [0.4, 0.5) is 0 Å². The minimum absolute atomic E-state index is 0.0778. The summed E-state index contributed by atoms with van der Waals surface area (Å²) < 4.78 is 4.55. The van der Waals surface area contributed by atoms with E-state index in [0.29, 0.717) is 6.29 Å². The highest BCUT2D eigenvalue weighted by Crippen LogP contribution is 1.92. The Hall–Kier alpha value is -0.940. The van der Waals surface area contributed by atoms with E-state index >= 15 is 0 Å². The summed E-state index contributed by atoms with van der Waals surface area (Å²) >= 11 is 0. The van der Waals surface area contributed by atoms with E-state index in [1.54, 1.807) is 0 Å². The van der Waals surface area contributed by atoms with Crippen molar-refractivity contribution in [3.63, 3.8) is 0 Å². The van der Waals surface area contributed by atoms with Gasteiger partial charge in [0.2, 0.25) is 0 Å². The second kappa shape index (κ2) is 5.68. The number of esters is 1. The van der Waals surface area contributed by atoms with Gasteiger partial charge >= 0.3 is 5.97 Å². The molecule has 0 fully saturated rings. The molecule has 70 valence electrons. The predicted octanol–water partition coefficient (Wildman–Crippen LogP) is -1.17. The highest BCUT2D eigenvalue weighted by molar-refractivity contribution is 5.70. The summed E-state index contributed by atoms with van der Waals surface area (Å²) in [6, 6.07) is -0.775. The zero-order chi connectivity index (χ0) is 9.56. The molecule has 0 aromatic rings. The molecule has 0 aliphatic rings. The lowest BCUT2D eigenvalue weighted by atomic mass is 10.3. The maximum absolute atomic E-state index is 10.7. The number of carbonyl (C=O) groups excluding carboxylic acids is 2. The first-order valence-electron chi connectivity index (χ1n) is 3.60. The summed E-state index contributed by atoms with van der Waals surface area (Å²) in [5.74, 6) is -0.553. The van der Waals surface area contributed by atoms with Crippen LogP contribution in [0.3, 0.4) is 0 Å². The SMILES string of the molecule is C[C@@H](O)CC(=O)OC[C@@H](N)C=O. The molecule has 0 aliphatic carbocycles. The number of aliphatic hydroxyl groups excluding tert-OH is 1. The van der Waals surface area contributed by atoms with E-state index in [1.807, 2.05) is 0 Å². The van der Waals surface area contributed by atoms with Crippen molar-refractivity contribution in [1.29, 1.82) is 0 Å². The fraction of sp³-hybridized carbons (Fsp3) is 0.714. The van der Waals surface area contributed by atoms with Crippen LogP contribution in [-0.4, -0.2) is 36.1 Å². The van der Waals surface area contributed by atoms with Crippen molar-refractivity contribution in [3.8, 4) is 0 Å². The molecule has 0 amide bonds. The summed E-state index contributed by atoms with van der Waals surface area (Å²) in [4.78, 5) is 20.7. The third kappa shape index (κ3) is 5.82. The number of ether oxygens (including phenoxy) is 1. The Balaban J connectivity index is 3.50. The first-order chi connectivity index (χ1) is 5.56. The highest BCUT2D eigenvalue weighted by atomic mass is 16.5. The monoisotopic (exact) mass is 175 g/mol. The molecule has 0 spiro atoms. The zero-order valence-corrected chi connectivity index (χ0v) is 6.90. The average Bonchev–Trinajstić information content (AvgIpc) is 1.99. The second-order valence-corrected chi connectivity index (χ2v) is 2.54. The van der Waals surface area contributed by atoms with Crippen molar-refractivity contribution >= 4 is 12.3 Å². The number of rotatable bonds is 5. The topological polar surface area (TPSA) is 89.6 Å². The van der Waals surface area contributed by atoms with Crippen LogP contribution in [0.25, 0.3) is 0 Å². The predicted molar refractivity (Wildman–Crippen MR) is 41.3 cm³/mol. The first-order valence-corrected chi connectivity index (χ1v) is 3.60. The van der Waals surface area contributed by atoms with E-state index in [0.717, 1.165) is 0 Å². The number of aldehydes is 1. The van der Waals surface area contributed by atoms with Gasteiger partial charge in [-0.25, -0.2) is 0 Å². The Kier molecular flexibility index (Phi) is 5.23. The quantitative estimate of drug-likeness (QED) is 0.406. The van der Waals surface area contributed by atoms with Gasteiger partial charge in [-0.2, -0.15) is 0 Å². The van der Waals surface area contributed by atoms with Crippen LogP contribution in [0.15, 0.2) is 0 Å². The van der Waals surface area contributed by atoms with E-state index in [9.17, 15) is 9.59 Å². The summed E-state index contributed by atoms with van der Waals surface area (Å²) in [5.41, 5.74) is 5.14. The van der Waals surface area contributed by atoms with Crippen LogP contribution in [0.1, 0.15) is 13.3 Å². The number of nitrogens with two attached hydrogens (primary N) is 1. The van der Waals surface area contributed by atoms with Crippen molar-refractivity contribution in [1.82, 2.24) is 0 Å². The normalized spacial score (nSPS) is 14.9. The van der Waals surface area contributed by atoms with Crippen molar-refractivity contribution < 1.29 is 19.4 Å². The molecule has 5 nitrogen and oxygen atoms in total. The molecule has 0 bridgehead atoms. The minimum Gasteiger partial charge on any atom is -0.463 e. The largest absolute Gasteiger partial charge is 0.463 e. The third-order valence-corrected chi connectivity index (χ3v) is 1.07. The van der Waals surface area contributed by atoms with Crippen LogP contribution in [0.2, 0.25) is 0 Å². The summed E-state index contributed by atoms with van der Waals surface area (Å²) in [6.45, 7) is 1.34. The smallest absolute Gasteiger partial charge is 0.308 e. The van der Waals surface area contributed by atoms with E-state index < -0.39 is 18.1 Å². The van der Waals surface area contributed by atoms with E-state index in [1.165, 1.54) is 6.92 Å². The molecule has 0 aromatic heterocycles. The maximum atomic E-state index is 10.7. The fourth-order valence-electron chi connectivity index (χ4n) is 0.529. The van der Waals surface area contributed by atoms with Gasteiger partial charge in [0, 0.05) is 0 Å². The minimum atomic E-state index is -0.775. The molecule has 0 radical (unpaired) electrons. The third-order valence-electron chi connectivity index (χ3n) is 1.07. The first kappa shape index (κ1) is 11.1. The Morgan fingerprint density at radius 2 is 2.33 bits per heavy atom. The Labute approximate surface area is 70.5 Å². The number of hydrogen-bond donors (Lipinski definition) is 2. The molecule has 0 unspecified atom stereocenters. The van der Waals surface area contributed by atoms with Gasteiger partial charge in [-0.3, -0.25) is 4.79 Å². The van der Waals surface area contributed by atoms with Crippen LogP contribution >= 0.6 is 0 Å². The van der Waals surface area contributed by atoms with Gasteiger partial charge in [0.25, 0.3) is 0 Å². The number of carbonyl (C=O) groups is 2. The molecule has 0 aliphatic heterocycles. The molecule has 0 rings (SSSR count). The lowest BCUT2D eigenvalue weighted by Crippen LogP contribution is -2.29. The zero-order valence-electron chi connectivity index (χ0n) is 6.90. The van der Waals surface area contributed by atoms with Crippen LogP contribution < -0.4 is 5.73 Å². The molecule has 0 aromatic carbocycles. The van der Waals surface area contributed by atoms with Gasteiger partial charge < -0.3 is 20.4 Å². The summed E-state index contributed by atoms with van der Waals surface area (Å²) in [7, 11) is 0. The molecule has 0 heterocycles. The van der Waals surface area contributed by atoms with Gasteiger partial charge in [-0.1, -0.05) is 0 Å². The van der Waals surface area contributed by atoms with Crippen molar-refractivity contribution in [3.05, 3.63) is 0 Å². The van der Waals surface area contributed by atoms with Gasteiger partial charge in [-0.05, 0) is 6.92 Å². The summed E-state index contributed by atoms with van der Waals surface area (Å²) in [5, 5.41) is 8.74. The Morgan fingerprint density at radius 3 is 2.75 bits per heavy atom. The number of aliphatic hydroxyl groups is 1. The lowest BCUT2D eigenvalue weighted by molar-refractivity contribution is -0.146. The lowest BCUT2D eigenvalue weighted by Gasteiger charge is -2.07. The van der Waals surface area contributed by atoms with Crippen molar-refractivity contribution in [2.24, 2.45) is 5.73 Å². The Morgan fingerprint density at radius 1 is 1.75 bits per heavy atom. The maximum Gasteiger partial charge on any atom is 0.308 e. The van der Waals surface area contributed by atoms with Gasteiger partial charge in [-0.15, -0.1) is 0 Å². The standard InChI is InChI=1S/C7H13NO4/c1-5(10)2-7(11)12-4-6(8)3-9/h3,5-6,10H,2,4,8H2,1H3/t5-,6+/m1/s1. The van der Waals surface area contributed by atoms with Gasteiger partial charge in [0.15, 0.2) is 0 Å². The van der Waals surface area contributed by atoms with Gasteiger partial charge in [0.05, 0.1) is 18.6 Å². The fourth-order valence-corrected chi connectivity index (χ4v) is 0.529. The molecule has 0 saturated heterocycles. The van der Waals surface area contributed by atoms with Gasteiger partial charge in [0.1, 0.15) is 12.9 Å². The second-order valence-electron chi connectivity index (χ2n) is 2.54. The van der Waals surface area contributed by atoms with Crippen molar-refractivity contribution in [2.75, 3.05) is 6.61 Å². The van der Waals surface area contributed by atoms with Crippen LogP contribution in [0.5, 0.6) is 0 Å². The molecule has 5 heteroatoms.